The predicted octanol–water partition coefficient (Wildman–Crippen LogP) is 1.21. The van der Waals surface area contributed by atoms with E-state index in [0.717, 1.165) is 0 Å². The summed E-state index contributed by atoms with van der Waals surface area (Å²) < 4.78 is 0. The molecule has 0 aliphatic carbocycles. The molecule has 0 atom stereocenters. The second kappa shape index (κ2) is 104. The number of nitrogens with one attached hydrogen (secondary N) is 1. The van der Waals surface area contributed by atoms with Crippen LogP contribution in [0.25, 0.3) is 0 Å². The molecule has 0 saturated heterocycles. The molecule has 0 spiro atoms. The molecule has 0 fully saturated rings. The molecule has 0 aromatic heterocycles. The Balaban J connectivity index is -0.0000000127. The molecular weight excluding hydrogens is 266 g/mol. The normalized spacial score (nSPS) is 4.43. The van der Waals surface area contributed by atoms with Gasteiger partial charge in [-0.25, -0.2) is 0 Å². The Morgan fingerprint density at radius 3 is 1.14 bits per heavy atom. The third-order valence-electron chi connectivity index (χ3n) is 0.902. The van der Waals surface area contributed by atoms with Crippen LogP contribution in [0.4, 0.5) is 0 Å². The first-order chi connectivity index (χ1) is 8.08. The molecule has 1 amide bonds. The highest BCUT2D eigenvalue weighted by Gasteiger charge is 1.84. The van der Waals surface area contributed by atoms with Crippen molar-refractivity contribution in [2.75, 3.05) is 14.1 Å². The van der Waals surface area contributed by atoms with Crippen molar-refractivity contribution in [2.24, 2.45) is 5.73 Å². The summed E-state index contributed by atoms with van der Waals surface area (Å²) >= 11 is 0. The van der Waals surface area contributed by atoms with E-state index in [9.17, 15) is 9.59 Å². The minimum absolute atomic E-state index is 0. The van der Waals surface area contributed by atoms with Gasteiger partial charge in [-0.1, -0.05) is 28.7 Å². The second-order valence-electron chi connectivity index (χ2n) is 1.77. The van der Waals surface area contributed by atoms with Crippen LogP contribution in [0, 0.1) is 25.7 Å². The fourth-order valence-electron chi connectivity index (χ4n) is 0.177. The van der Waals surface area contributed by atoms with Crippen LogP contribution in [0.1, 0.15) is 41.5 Å². The van der Waals surface area contributed by atoms with Gasteiger partial charge in [0.1, 0.15) is 0 Å². The highest BCUT2D eigenvalue weighted by Crippen LogP contribution is 1.68. The van der Waals surface area contributed by atoms with Crippen molar-refractivity contribution < 1.29 is 14.7 Å². The zero-order valence-corrected chi connectivity index (χ0v) is 12.2. The highest BCUT2D eigenvalue weighted by atomic mass is 16.4. The molecule has 0 saturated carbocycles. The predicted molar refractivity (Wildman–Crippen MR) is 97.1 cm³/mol. The van der Waals surface area contributed by atoms with Crippen LogP contribution < -0.4 is 11.1 Å². The average Bonchev–Trinajstić information content (AvgIpc) is 2.45. The number of carboxylic acid groups (broad SMARTS) is 1. The molecule has 0 aliphatic heterocycles. The topological polar surface area (TPSA) is 92.4 Å². The minimum atomic E-state index is -0.745. The molecule has 0 aromatic carbocycles. The highest BCUT2D eigenvalue weighted by molar-refractivity contribution is 5.76. The van der Waals surface area contributed by atoms with Gasteiger partial charge in [-0.05, 0) is 7.05 Å². The number of carboxylic acids is 1. The summed E-state index contributed by atoms with van der Waals surface area (Å²) in [7, 11) is 3.13. The minimum Gasteiger partial charge on any atom is -0.481 e. The maximum atomic E-state index is 10.1. The molecule has 6 radical (unpaired) electrons. The number of hydrogen-bond donors (Lipinski definition) is 3. The van der Waals surface area contributed by atoms with Crippen LogP contribution in [-0.4, -0.2) is 47.9 Å². The molecule has 0 heterocycles. The Labute approximate surface area is 136 Å². The SMILES string of the molecule is C.C.C#C.C#C.CCC(=O)NC.CCC(=O)O.CN.[B].[B]. The van der Waals surface area contributed by atoms with Gasteiger partial charge in [0.05, 0.1) is 0 Å². The summed E-state index contributed by atoms with van der Waals surface area (Å²) in [6.07, 6.45) is 16.8. The van der Waals surface area contributed by atoms with E-state index in [2.05, 4.69) is 36.7 Å². The fourth-order valence-corrected chi connectivity index (χ4v) is 0.177. The molecule has 0 aromatic rings. The molecule has 122 valence electrons. The van der Waals surface area contributed by atoms with E-state index in [1.807, 2.05) is 6.92 Å². The van der Waals surface area contributed by atoms with Gasteiger partial charge in [-0.15, -0.1) is 25.7 Å². The summed E-state index contributed by atoms with van der Waals surface area (Å²) in [4.78, 5) is 19.4. The van der Waals surface area contributed by atoms with Crippen molar-refractivity contribution in [1.29, 1.82) is 0 Å². The molecule has 0 bridgehead atoms. The van der Waals surface area contributed by atoms with E-state index in [1.165, 1.54) is 7.05 Å². The first kappa shape index (κ1) is 61.2. The van der Waals surface area contributed by atoms with Crippen LogP contribution >= 0.6 is 0 Å². The molecule has 21 heavy (non-hydrogen) atoms. The molecule has 0 rings (SSSR count). The van der Waals surface area contributed by atoms with E-state index in [0.29, 0.717) is 6.42 Å². The van der Waals surface area contributed by atoms with Crippen LogP contribution in [-0.2, 0) is 9.59 Å². The lowest BCUT2D eigenvalue weighted by molar-refractivity contribution is -0.136. The molecular formula is C14H32B2N2O3. The van der Waals surface area contributed by atoms with Crippen molar-refractivity contribution in [3.8, 4) is 25.7 Å². The van der Waals surface area contributed by atoms with Crippen molar-refractivity contribution in [3.05, 3.63) is 0 Å². The van der Waals surface area contributed by atoms with Crippen molar-refractivity contribution >= 4 is 28.7 Å². The fraction of sp³-hybridized carbons (Fsp3) is 0.571. The van der Waals surface area contributed by atoms with Gasteiger partial charge >= 0.3 is 5.97 Å². The van der Waals surface area contributed by atoms with Crippen molar-refractivity contribution in [1.82, 2.24) is 5.32 Å². The largest absolute Gasteiger partial charge is 0.481 e. The van der Waals surface area contributed by atoms with Gasteiger partial charge in [-0.2, -0.15) is 0 Å². The Morgan fingerprint density at radius 2 is 1.14 bits per heavy atom. The van der Waals surface area contributed by atoms with Gasteiger partial charge < -0.3 is 16.2 Å². The number of carbonyl (C=O) groups is 2. The van der Waals surface area contributed by atoms with Crippen LogP contribution in [0.15, 0.2) is 0 Å². The third kappa shape index (κ3) is 275. The van der Waals surface area contributed by atoms with Crippen molar-refractivity contribution in [2.45, 2.75) is 41.5 Å². The van der Waals surface area contributed by atoms with Crippen LogP contribution in [0.2, 0.25) is 0 Å². The monoisotopic (exact) mass is 298 g/mol. The number of terminal acetylenes is 2. The zero-order valence-electron chi connectivity index (χ0n) is 12.2. The molecule has 4 N–H and O–H groups in total. The van der Waals surface area contributed by atoms with Crippen LogP contribution in [0.5, 0.6) is 0 Å². The smallest absolute Gasteiger partial charge is 0.303 e. The second-order valence-corrected chi connectivity index (χ2v) is 1.77. The zero-order chi connectivity index (χ0) is 15.3. The van der Waals surface area contributed by atoms with Gasteiger partial charge in [0, 0.05) is 36.7 Å². The summed E-state index contributed by atoms with van der Waals surface area (Å²) in [5.74, 6) is -0.653. The first-order valence-electron chi connectivity index (χ1n) is 4.75. The summed E-state index contributed by atoms with van der Waals surface area (Å²) in [6, 6.07) is 0. The summed E-state index contributed by atoms with van der Waals surface area (Å²) in [5.41, 5.74) is 4.50. The Bertz CT molecular complexity index is 185. The number of rotatable bonds is 2. The van der Waals surface area contributed by atoms with Gasteiger partial charge in [-0.3, -0.25) is 9.59 Å². The van der Waals surface area contributed by atoms with Gasteiger partial charge in [0.25, 0.3) is 0 Å². The lowest BCUT2D eigenvalue weighted by Crippen LogP contribution is -2.15. The van der Waals surface area contributed by atoms with Gasteiger partial charge in [0.15, 0.2) is 0 Å². The Kier molecular flexibility index (Phi) is 304. The average molecular weight is 298 g/mol. The standard InChI is InChI=1S/C4H9NO.C3H6O2.2C2H2.CH5N.2CH4.2B/c1-3-4(6)5-2;1-2-3(4)5;3*1-2;;;;/h3H2,1-2H3,(H,5,6);2H2,1H3,(H,4,5);2*1-2H;2H2,1H3;2*1H4;;. The number of aliphatic carboxylic acids is 1. The quantitative estimate of drug-likeness (QED) is 0.527. The summed E-state index contributed by atoms with van der Waals surface area (Å²) in [6.45, 7) is 3.42. The molecule has 5 nitrogen and oxygen atoms in total. The number of carbonyl (C=O) groups excluding carboxylic acids is 1. The molecule has 7 heteroatoms. The maximum absolute atomic E-state index is 10.1. The lowest BCUT2D eigenvalue weighted by Gasteiger charge is -1.87. The molecule has 0 aliphatic rings. The van der Waals surface area contributed by atoms with Gasteiger partial charge in [0.2, 0.25) is 5.91 Å². The van der Waals surface area contributed by atoms with E-state index in [1.54, 1.807) is 14.0 Å². The van der Waals surface area contributed by atoms with E-state index in [-0.39, 0.29) is 44.0 Å². The van der Waals surface area contributed by atoms with Crippen molar-refractivity contribution in [3.63, 3.8) is 0 Å². The first-order valence-corrected chi connectivity index (χ1v) is 4.75. The van der Waals surface area contributed by atoms with E-state index < -0.39 is 5.97 Å². The Morgan fingerprint density at radius 1 is 0.952 bits per heavy atom. The number of nitrogens with two attached hydrogens (primary N) is 1. The summed E-state index contributed by atoms with van der Waals surface area (Å²) in [5, 5.41) is 10.2. The maximum Gasteiger partial charge on any atom is 0.303 e. The van der Waals surface area contributed by atoms with E-state index >= 15 is 0 Å². The lowest BCUT2D eigenvalue weighted by atomic mass is 10.5. The van der Waals surface area contributed by atoms with Crippen LogP contribution in [0.3, 0.4) is 0 Å². The number of hydrogen-bond acceptors (Lipinski definition) is 3. The van der Waals surface area contributed by atoms with E-state index in [4.69, 9.17) is 5.11 Å². The molecule has 0 unspecified atom stereocenters. The third-order valence-corrected chi connectivity index (χ3v) is 0.902. The number of amides is 1. The Hall–Kier alpha value is -1.85.